The van der Waals surface area contributed by atoms with E-state index in [1.54, 1.807) is 0 Å². The number of aliphatic hydroxyl groups is 3. The molecule has 2 heterocycles. The number of nitrogens with one attached hydrogen (secondary N) is 1. The molecule has 7 heteroatoms. The van der Waals surface area contributed by atoms with Crippen LogP contribution in [0.5, 0.6) is 0 Å². The number of hydrogen-bond acceptors (Lipinski definition) is 5. The predicted octanol–water partition coefficient (Wildman–Crippen LogP) is -1.77. The highest BCUT2D eigenvalue weighted by Crippen LogP contribution is 2.24. The third-order valence-corrected chi connectivity index (χ3v) is 3.19. The molecule has 0 aromatic heterocycles. The van der Waals surface area contributed by atoms with E-state index in [4.69, 9.17) is 9.84 Å². The number of amides is 2. The van der Waals surface area contributed by atoms with E-state index in [1.165, 1.54) is 4.90 Å². The molecular formula is C10H18N2O5. The zero-order valence-electron chi connectivity index (χ0n) is 9.45. The molecule has 0 aromatic rings. The molecule has 17 heavy (non-hydrogen) atoms. The maximum atomic E-state index is 11.7. The molecule has 0 aromatic carbocycles. The van der Waals surface area contributed by atoms with Crippen molar-refractivity contribution in [2.75, 3.05) is 19.7 Å². The number of hydrogen-bond donors (Lipinski definition) is 4. The number of carbonyl (C=O) groups excluding carboxylic acids is 1. The maximum Gasteiger partial charge on any atom is 0.319 e. The molecule has 0 spiro atoms. The standard InChI is InChI=1S/C10H18N2O5/c13-5-6-7(14)8(15)9(17-6)12-4-2-1-3-11-10(12)16/h6-9,13-15H,1-5H2,(H,11,16). The summed E-state index contributed by atoms with van der Waals surface area (Å²) in [6.45, 7) is 0.687. The summed E-state index contributed by atoms with van der Waals surface area (Å²) in [5.74, 6) is 0. The Morgan fingerprint density at radius 1 is 1.35 bits per heavy atom. The second-order valence-electron chi connectivity index (χ2n) is 4.36. The Kier molecular flexibility index (Phi) is 3.82. The Hall–Kier alpha value is -0.890. The van der Waals surface area contributed by atoms with Gasteiger partial charge >= 0.3 is 6.03 Å². The van der Waals surface area contributed by atoms with Crippen molar-refractivity contribution < 1.29 is 24.9 Å². The molecule has 98 valence electrons. The van der Waals surface area contributed by atoms with Crippen LogP contribution in [0.25, 0.3) is 0 Å². The number of rotatable bonds is 2. The molecule has 0 aliphatic carbocycles. The first kappa shape index (κ1) is 12.6. The molecule has 2 fully saturated rings. The van der Waals surface area contributed by atoms with Gasteiger partial charge in [-0.05, 0) is 12.8 Å². The highest BCUT2D eigenvalue weighted by Gasteiger charge is 2.46. The maximum absolute atomic E-state index is 11.7. The summed E-state index contributed by atoms with van der Waals surface area (Å²) in [6, 6.07) is -0.308. The van der Waals surface area contributed by atoms with E-state index >= 15 is 0 Å². The van der Waals surface area contributed by atoms with Crippen LogP contribution in [0.3, 0.4) is 0 Å². The number of urea groups is 1. The summed E-state index contributed by atoms with van der Waals surface area (Å²) < 4.78 is 5.32. The molecule has 0 saturated carbocycles. The second kappa shape index (κ2) is 5.18. The van der Waals surface area contributed by atoms with Gasteiger partial charge in [0.2, 0.25) is 0 Å². The number of ether oxygens (including phenoxy) is 1. The molecule has 2 aliphatic heterocycles. The summed E-state index contributed by atoms with van der Waals surface area (Å²) >= 11 is 0. The van der Waals surface area contributed by atoms with E-state index in [0.29, 0.717) is 13.1 Å². The zero-order chi connectivity index (χ0) is 12.4. The minimum Gasteiger partial charge on any atom is -0.394 e. The van der Waals surface area contributed by atoms with Gasteiger partial charge in [-0.2, -0.15) is 0 Å². The molecule has 4 atom stereocenters. The second-order valence-corrected chi connectivity index (χ2v) is 4.36. The summed E-state index contributed by atoms with van der Waals surface area (Å²) in [5.41, 5.74) is 0. The molecule has 4 unspecified atom stereocenters. The van der Waals surface area contributed by atoms with Crippen molar-refractivity contribution in [3.63, 3.8) is 0 Å². The first-order valence-corrected chi connectivity index (χ1v) is 5.82. The molecule has 0 bridgehead atoms. The van der Waals surface area contributed by atoms with Gasteiger partial charge in [0.15, 0.2) is 6.23 Å². The molecule has 0 radical (unpaired) electrons. The summed E-state index contributed by atoms with van der Waals surface area (Å²) in [4.78, 5) is 13.1. The molecule has 2 aliphatic rings. The monoisotopic (exact) mass is 246 g/mol. The molecular weight excluding hydrogens is 228 g/mol. The van der Waals surface area contributed by atoms with Crippen molar-refractivity contribution in [1.82, 2.24) is 10.2 Å². The van der Waals surface area contributed by atoms with Gasteiger partial charge in [0.25, 0.3) is 0 Å². The Morgan fingerprint density at radius 2 is 2.12 bits per heavy atom. The Morgan fingerprint density at radius 3 is 2.76 bits per heavy atom. The van der Waals surface area contributed by atoms with Crippen molar-refractivity contribution in [1.29, 1.82) is 0 Å². The first-order chi connectivity index (χ1) is 8.15. The average molecular weight is 246 g/mol. The van der Waals surface area contributed by atoms with Crippen molar-refractivity contribution in [2.45, 2.75) is 37.4 Å². The van der Waals surface area contributed by atoms with Gasteiger partial charge in [0.05, 0.1) is 6.61 Å². The lowest BCUT2D eigenvalue weighted by Gasteiger charge is -2.28. The van der Waals surface area contributed by atoms with Gasteiger partial charge in [-0.1, -0.05) is 0 Å². The highest BCUT2D eigenvalue weighted by molar-refractivity contribution is 5.74. The van der Waals surface area contributed by atoms with Gasteiger partial charge in [0, 0.05) is 13.1 Å². The summed E-state index contributed by atoms with van der Waals surface area (Å²) in [6.07, 6.45) is -2.40. The normalized spacial score (nSPS) is 39.0. The number of nitrogens with zero attached hydrogens (tertiary/aromatic N) is 1. The highest BCUT2D eigenvalue weighted by atomic mass is 16.6. The fraction of sp³-hybridized carbons (Fsp3) is 0.900. The molecule has 2 amide bonds. The van der Waals surface area contributed by atoms with Gasteiger partial charge in [-0.25, -0.2) is 4.79 Å². The third kappa shape index (κ3) is 2.37. The molecule has 7 nitrogen and oxygen atoms in total. The van der Waals surface area contributed by atoms with E-state index < -0.39 is 24.5 Å². The molecule has 4 N–H and O–H groups in total. The van der Waals surface area contributed by atoms with Crippen molar-refractivity contribution in [3.8, 4) is 0 Å². The van der Waals surface area contributed by atoms with Crippen LogP contribution in [0.2, 0.25) is 0 Å². The average Bonchev–Trinajstić information content (AvgIpc) is 2.51. The van der Waals surface area contributed by atoms with Crippen LogP contribution < -0.4 is 5.32 Å². The van der Waals surface area contributed by atoms with Gasteiger partial charge < -0.3 is 25.4 Å². The van der Waals surface area contributed by atoms with E-state index in [9.17, 15) is 15.0 Å². The van der Waals surface area contributed by atoms with Gasteiger partial charge in [0.1, 0.15) is 18.3 Å². The van der Waals surface area contributed by atoms with E-state index in [2.05, 4.69) is 5.32 Å². The lowest BCUT2D eigenvalue weighted by atomic mass is 10.1. The fourth-order valence-electron chi connectivity index (χ4n) is 2.19. The van der Waals surface area contributed by atoms with Gasteiger partial charge in [-0.15, -0.1) is 0 Å². The predicted molar refractivity (Wildman–Crippen MR) is 57.1 cm³/mol. The van der Waals surface area contributed by atoms with Crippen molar-refractivity contribution in [2.24, 2.45) is 0 Å². The van der Waals surface area contributed by atoms with E-state index in [1.807, 2.05) is 0 Å². The van der Waals surface area contributed by atoms with Crippen molar-refractivity contribution >= 4 is 6.03 Å². The quantitative estimate of drug-likeness (QED) is 0.462. The van der Waals surface area contributed by atoms with Crippen LogP contribution in [0, 0.1) is 0 Å². The summed E-state index contributed by atoms with van der Waals surface area (Å²) in [7, 11) is 0. The van der Waals surface area contributed by atoms with Crippen LogP contribution in [0.1, 0.15) is 12.8 Å². The van der Waals surface area contributed by atoms with Crippen LogP contribution in [0.4, 0.5) is 4.79 Å². The molecule has 2 rings (SSSR count). The lowest BCUT2D eigenvalue weighted by molar-refractivity contribution is -0.0783. The van der Waals surface area contributed by atoms with E-state index in [0.717, 1.165) is 12.8 Å². The smallest absolute Gasteiger partial charge is 0.319 e. The first-order valence-electron chi connectivity index (χ1n) is 5.82. The van der Waals surface area contributed by atoms with Crippen molar-refractivity contribution in [3.05, 3.63) is 0 Å². The van der Waals surface area contributed by atoms with Crippen LogP contribution in [-0.2, 0) is 4.74 Å². The Bertz CT molecular complexity index is 288. The largest absolute Gasteiger partial charge is 0.394 e. The SMILES string of the molecule is O=C1NCCCCN1C1OC(CO)C(O)C1O. The lowest BCUT2D eigenvalue weighted by Crippen LogP contribution is -2.50. The number of aliphatic hydroxyl groups excluding tert-OH is 3. The van der Waals surface area contributed by atoms with Crippen LogP contribution in [-0.4, -0.2) is 70.5 Å². The third-order valence-electron chi connectivity index (χ3n) is 3.19. The minimum absolute atomic E-state index is 0.308. The van der Waals surface area contributed by atoms with Gasteiger partial charge in [-0.3, -0.25) is 4.90 Å². The molecule has 2 saturated heterocycles. The number of carbonyl (C=O) groups is 1. The van der Waals surface area contributed by atoms with E-state index in [-0.39, 0.29) is 12.6 Å². The topological polar surface area (TPSA) is 102 Å². The van der Waals surface area contributed by atoms with Crippen LogP contribution >= 0.6 is 0 Å². The van der Waals surface area contributed by atoms with Crippen LogP contribution in [0.15, 0.2) is 0 Å². The fourth-order valence-corrected chi connectivity index (χ4v) is 2.19. The zero-order valence-corrected chi connectivity index (χ0v) is 9.45. The minimum atomic E-state index is -1.18. The Labute approximate surface area is 99.0 Å². The Balaban J connectivity index is 2.08. The summed E-state index contributed by atoms with van der Waals surface area (Å²) in [5, 5.41) is 31.1.